The zero-order chi connectivity index (χ0) is 11.8. The molecule has 3 nitrogen and oxygen atoms in total. The Morgan fingerprint density at radius 1 is 1.19 bits per heavy atom. The molecule has 1 aliphatic heterocycles. The lowest BCUT2D eigenvalue weighted by Crippen LogP contribution is -2.50. The van der Waals surface area contributed by atoms with Gasteiger partial charge in [0.05, 0.1) is 0 Å². The highest BCUT2D eigenvalue weighted by atomic mass is 16.2. The molecule has 0 aromatic heterocycles. The van der Waals surface area contributed by atoms with Gasteiger partial charge in [-0.3, -0.25) is 14.9 Å². The van der Waals surface area contributed by atoms with Crippen LogP contribution in [0.4, 0.5) is 0 Å². The van der Waals surface area contributed by atoms with Crippen LogP contribution in [0.15, 0.2) is 0 Å². The Morgan fingerprint density at radius 2 is 1.81 bits per heavy atom. The minimum Gasteiger partial charge on any atom is -0.296 e. The molecule has 1 saturated heterocycles. The first-order valence-corrected chi connectivity index (χ1v) is 6.36. The molecule has 0 aromatic carbocycles. The Labute approximate surface area is 97.0 Å². The molecule has 1 saturated carbocycles. The van der Waals surface area contributed by atoms with E-state index >= 15 is 0 Å². The molecule has 0 radical (unpaired) electrons. The van der Waals surface area contributed by atoms with Crippen molar-refractivity contribution in [3.05, 3.63) is 0 Å². The summed E-state index contributed by atoms with van der Waals surface area (Å²) in [6.45, 7) is 4.43. The summed E-state index contributed by atoms with van der Waals surface area (Å²) >= 11 is 0. The van der Waals surface area contributed by atoms with E-state index in [0.717, 1.165) is 6.42 Å². The Bertz CT molecular complexity index is 293. The summed E-state index contributed by atoms with van der Waals surface area (Å²) in [5.41, 5.74) is -0.0220. The molecule has 90 valence electrons. The van der Waals surface area contributed by atoms with E-state index in [1.54, 1.807) is 0 Å². The summed E-state index contributed by atoms with van der Waals surface area (Å²) < 4.78 is 0. The van der Waals surface area contributed by atoms with Gasteiger partial charge >= 0.3 is 0 Å². The van der Waals surface area contributed by atoms with Gasteiger partial charge in [0.2, 0.25) is 11.8 Å². The van der Waals surface area contributed by atoms with Crippen molar-refractivity contribution in [2.45, 2.75) is 52.4 Å². The Morgan fingerprint density at radius 3 is 2.38 bits per heavy atom. The number of piperidine rings is 1. The molecule has 2 fully saturated rings. The zero-order valence-electron chi connectivity index (χ0n) is 10.2. The molecule has 0 bridgehead atoms. The minimum atomic E-state index is -0.0659. The largest absolute Gasteiger partial charge is 0.296 e. The van der Waals surface area contributed by atoms with Crippen LogP contribution in [0, 0.1) is 17.3 Å². The maximum atomic E-state index is 11.6. The number of amides is 2. The van der Waals surface area contributed by atoms with Crippen LogP contribution in [0.1, 0.15) is 52.4 Å². The van der Waals surface area contributed by atoms with Gasteiger partial charge in [-0.05, 0) is 30.1 Å². The van der Waals surface area contributed by atoms with E-state index in [1.165, 1.54) is 19.3 Å². The Kier molecular flexibility index (Phi) is 3.04. The molecule has 1 spiro atoms. The van der Waals surface area contributed by atoms with Crippen LogP contribution in [0.25, 0.3) is 0 Å². The zero-order valence-corrected chi connectivity index (χ0v) is 10.2. The van der Waals surface area contributed by atoms with Gasteiger partial charge < -0.3 is 0 Å². The fraction of sp³-hybridized carbons (Fsp3) is 0.846. The van der Waals surface area contributed by atoms with Crippen LogP contribution in [0.2, 0.25) is 0 Å². The first kappa shape index (κ1) is 11.6. The van der Waals surface area contributed by atoms with Gasteiger partial charge in [0.1, 0.15) is 0 Å². The molecule has 16 heavy (non-hydrogen) atoms. The van der Waals surface area contributed by atoms with Gasteiger partial charge in [-0.2, -0.15) is 0 Å². The molecular weight excluding hydrogens is 202 g/mol. The number of nitrogens with one attached hydrogen (secondary N) is 1. The fourth-order valence-corrected chi connectivity index (χ4v) is 3.76. The van der Waals surface area contributed by atoms with E-state index in [-0.39, 0.29) is 17.2 Å². The van der Waals surface area contributed by atoms with E-state index in [4.69, 9.17) is 0 Å². The summed E-state index contributed by atoms with van der Waals surface area (Å²) in [5, 5.41) is 2.43. The Hall–Kier alpha value is -0.860. The molecule has 2 rings (SSSR count). The third-order valence-corrected chi connectivity index (χ3v) is 4.34. The van der Waals surface area contributed by atoms with Crippen molar-refractivity contribution >= 4 is 11.8 Å². The molecule has 1 unspecified atom stereocenters. The average Bonchev–Trinajstić information content (AvgIpc) is 2.15. The summed E-state index contributed by atoms with van der Waals surface area (Å²) in [5.74, 6) is 0.975. The van der Waals surface area contributed by atoms with Crippen molar-refractivity contribution in [1.82, 2.24) is 5.32 Å². The standard InChI is InChI=1S/C13H21NO2/c1-9(2)10-5-3-4-6-13(10)7-11(15)14-12(16)8-13/h9-10H,3-8H2,1-2H3,(H,14,15,16). The molecule has 2 aliphatic rings. The van der Waals surface area contributed by atoms with Crippen molar-refractivity contribution in [3.8, 4) is 0 Å². The van der Waals surface area contributed by atoms with E-state index in [0.29, 0.717) is 24.7 Å². The summed E-state index contributed by atoms with van der Waals surface area (Å²) in [7, 11) is 0. The Balaban J connectivity index is 2.24. The third-order valence-electron chi connectivity index (χ3n) is 4.34. The number of hydrogen-bond donors (Lipinski definition) is 1. The predicted octanol–water partition coefficient (Wildman–Crippen LogP) is 2.26. The fourth-order valence-electron chi connectivity index (χ4n) is 3.76. The van der Waals surface area contributed by atoms with Crippen molar-refractivity contribution < 1.29 is 9.59 Å². The quantitative estimate of drug-likeness (QED) is 0.693. The lowest BCUT2D eigenvalue weighted by atomic mass is 9.58. The van der Waals surface area contributed by atoms with E-state index in [9.17, 15) is 9.59 Å². The molecule has 0 aromatic rings. The maximum absolute atomic E-state index is 11.6. The maximum Gasteiger partial charge on any atom is 0.227 e. The highest BCUT2D eigenvalue weighted by Crippen LogP contribution is 2.50. The molecule has 1 atom stereocenters. The smallest absolute Gasteiger partial charge is 0.227 e. The van der Waals surface area contributed by atoms with Gasteiger partial charge in [0.25, 0.3) is 0 Å². The van der Waals surface area contributed by atoms with E-state index < -0.39 is 0 Å². The van der Waals surface area contributed by atoms with Crippen molar-refractivity contribution in [1.29, 1.82) is 0 Å². The van der Waals surface area contributed by atoms with E-state index in [1.807, 2.05) is 0 Å². The predicted molar refractivity (Wildman–Crippen MR) is 61.6 cm³/mol. The van der Waals surface area contributed by atoms with Crippen LogP contribution in [0.5, 0.6) is 0 Å². The van der Waals surface area contributed by atoms with Crippen LogP contribution >= 0.6 is 0 Å². The van der Waals surface area contributed by atoms with Crippen molar-refractivity contribution in [3.63, 3.8) is 0 Å². The molecular formula is C13H21NO2. The molecule has 3 heteroatoms. The van der Waals surface area contributed by atoms with Gasteiger partial charge in [0.15, 0.2) is 0 Å². The molecule has 1 heterocycles. The SMILES string of the molecule is CC(C)C1CCCCC12CC(=O)NC(=O)C2. The lowest BCUT2D eigenvalue weighted by Gasteiger charge is -2.47. The second-order valence-electron chi connectivity index (χ2n) is 5.78. The summed E-state index contributed by atoms with van der Waals surface area (Å²) in [6.07, 6.45) is 5.76. The first-order chi connectivity index (χ1) is 7.53. The van der Waals surface area contributed by atoms with E-state index in [2.05, 4.69) is 19.2 Å². The summed E-state index contributed by atoms with van der Waals surface area (Å²) in [6, 6.07) is 0. The highest BCUT2D eigenvalue weighted by Gasteiger charge is 2.47. The average molecular weight is 223 g/mol. The number of hydrogen-bond acceptors (Lipinski definition) is 2. The second kappa shape index (κ2) is 4.19. The van der Waals surface area contributed by atoms with Gasteiger partial charge in [-0.15, -0.1) is 0 Å². The minimum absolute atomic E-state index is 0.0220. The lowest BCUT2D eigenvalue weighted by molar-refractivity contribution is -0.142. The summed E-state index contributed by atoms with van der Waals surface area (Å²) in [4.78, 5) is 23.2. The van der Waals surface area contributed by atoms with Gasteiger partial charge in [0, 0.05) is 12.8 Å². The van der Waals surface area contributed by atoms with Gasteiger partial charge in [-0.25, -0.2) is 0 Å². The van der Waals surface area contributed by atoms with Gasteiger partial charge in [-0.1, -0.05) is 26.7 Å². The van der Waals surface area contributed by atoms with Crippen LogP contribution in [0.3, 0.4) is 0 Å². The number of imide groups is 1. The molecule has 1 aliphatic carbocycles. The highest BCUT2D eigenvalue weighted by molar-refractivity contribution is 5.98. The third kappa shape index (κ3) is 2.00. The second-order valence-corrected chi connectivity index (χ2v) is 5.78. The molecule has 2 amide bonds. The number of carbonyl (C=O) groups is 2. The van der Waals surface area contributed by atoms with Crippen LogP contribution in [-0.4, -0.2) is 11.8 Å². The molecule has 1 N–H and O–H groups in total. The monoisotopic (exact) mass is 223 g/mol. The number of carbonyl (C=O) groups excluding carboxylic acids is 2. The van der Waals surface area contributed by atoms with Crippen molar-refractivity contribution in [2.75, 3.05) is 0 Å². The van der Waals surface area contributed by atoms with Crippen LogP contribution in [-0.2, 0) is 9.59 Å². The van der Waals surface area contributed by atoms with Crippen molar-refractivity contribution in [2.24, 2.45) is 17.3 Å². The van der Waals surface area contributed by atoms with Crippen LogP contribution < -0.4 is 5.32 Å². The first-order valence-electron chi connectivity index (χ1n) is 6.36. The topological polar surface area (TPSA) is 46.2 Å². The normalized spacial score (nSPS) is 29.6. The number of rotatable bonds is 1.